The van der Waals surface area contributed by atoms with E-state index < -0.39 is 0 Å². The number of hydrogen-bond donors (Lipinski definition) is 2. The molecule has 0 bridgehead atoms. The quantitative estimate of drug-likeness (QED) is 0.777. The van der Waals surface area contributed by atoms with E-state index in [0.29, 0.717) is 12.2 Å². The van der Waals surface area contributed by atoms with E-state index in [0.717, 1.165) is 48.4 Å². The fraction of sp³-hybridized carbons (Fsp3) is 0.500. The van der Waals surface area contributed by atoms with Crippen LogP contribution in [0.25, 0.3) is 0 Å². The van der Waals surface area contributed by atoms with Gasteiger partial charge in [-0.1, -0.05) is 12.1 Å². The van der Waals surface area contributed by atoms with Crippen molar-refractivity contribution >= 4 is 5.91 Å². The van der Waals surface area contributed by atoms with Crippen LogP contribution in [0.2, 0.25) is 0 Å². The van der Waals surface area contributed by atoms with Crippen molar-refractivity contribution in [2.45, 2.75) is 45.3 Å². The van der Waals surface area contributed by atoms with Crippen molar-refractivity contribution in [1.29, 1.82) is 0 Å². The maximum atomic E-state index is 12.2. The highest BCUT2D eigenvalue weighted by molar-refractivity contribution is 5.93. The summed E-state index contributed by atoms with van der Waals surface area (Å²) in [4.78, 5) is 12.2. The Labute approximate surface area is 160 Å². The van der Waals surface area contributed by atoms with Crippen molar-refractivity contribution in [2.24, 2.45) is 0 Å². The van der Waals surface area contributed by atoms with E-state index in [1.165, 1.54) is 5.69 Å². The minimum atomic E-state index is -0.117. The second-order valence-electron chi connectivity index (χ2n) is 6.64. The molecule has 0 aliphatic heterocycles. The van der Waals surface area contributed by atoms with Crippen molar-refractivity contribution in [1.82, 2.24) is 20.4 Å². The second-order valence-corrected chi connectivity index (χ2v) is 6.64. The lowest BCUT2D eigenvalue weighted by Gasteiger charge is -2.25. The molecule has 0 saturated heterocycles. The number of rotatable bonds is 7. The van der Waals surface area contributed by atoms with Gasteiger partial charge in [0, 0.05) is 43.0 Å². The van der Waals surface area contributed by atoms with Gasteiger partial charge in [0.25, 0.3) is 5.91 Å². The molecule has 1 aliphatic rings. The molecular weight excluding hydrogens is 344 g/mol. The summed E-state index contributed by atoms with van der Waals surface area (Å²) in [7, 11) is 4.94. The number of nitrogens with one attached hydrogen (secondary N) is 2. The van der Waals surface area contributed by atoms with Gasteiger partial charge in [-0.15, -0.1) is 0 Å². The third-order valence-corrected chi connectivity index (χ3v) is 5.15. The van der Waals surface area contributed by atoms with Crippen molar-refractivity contribution < 1.29 is 14.3 Å². The molecule has 0 saturated carbocycles. The van der Waals surface area contributed by atoms with Crippen LogP contribution in [-0.2, 0) is 25.9 Å². The topological polar surface area (TPSA) is 77.4 Å². The maximum absolute atomic E-state index is 12.2. The molecule has 7 heteroatoms. The van der Waals surface area contributed by atoms with Crippen molar-refractivity contribution in [3.63, 3.8) is 0 Å². The SMILES string of the molecule is CCn1nc(C(=O)NC)c2c1CCC(NCc1cccc(OC)c1OC)C2. The number of carbonyl (C=O) groups is 1. The van der Waals surface area contributed by atoms with Crippen LogP contribution in [0.5, 0.6) is 11.5 Å². The first-order valence-electron chi connectivity index (χ1n) is 9.36. The minimum Gasteiger partial charge on any atom is -0.493 e. The molecule has 0 fully saturated rings. The molecule has 7 nitrogen and oxygen atoms in total. The first-order valence-corrected chi connectivity index (χ1v) is 9.36. The Hall–Kier alpha value is -2.54. The molecule has 3 rings (SSSR count). The molecule has 2 aromatic rings. The Balaban J connectivity index is 1.76. The molecule has 2 N–H and O–H groups in total. The van der Waals surface area contributed by atoms with Gasteiger partial charge >= 0.3 is 0 Å². The van der Waals surface area contributed by atoms with Crippen molar-refractivity contribution in [3.8, 4) is 11.5 Å². The van der Waals surface area contributed by atoms with Crippen LogP contribution in [0, 0.1) is 0 Å². The van der Waals surface area contributed by atoms with E-state index >= 15 is 0 Å². The molecule has 1 heterocycles. The Morgan fingerprint density at radius 2 is 2.15 bits per heavy atom. The van der Waals surface area contributed by atoms with Gasteiger partial charge in [0.1, 0.15) is 0 Å². The monoisotopic (exact) mass is 372 g/mol. The summed E-state index contributed by atoms with van der Waals surface area (Å²) < 4.78 is 12.9. The zero-order chi connectivity index (χ0) is 19.4. The highest BCUT2D eigenvalue weighted by Gasteiger charge is 2.28. The van der Waals surface area contributed by atoms with E-state index in [1.807, 2.05) is 22.9 Å². The Morgan fingerprint density at radius 3 is 2.81 bits per heavy atom. The normalized spacial score (nSPS) is 15.9. The second kappa shape index (κ2) is 8.43. The molecule has 1 unspecified atom stereocenters. The summed E-state index contributed by atoms with van der Waals surface area (Å²) >= 11 is 0. The zero-order valence-corrected chi connectivity index (χ0v) is 16.5. The molecule has 1 aromatic heterocycles. The maximum Gasteiger partial charge on any atom is 0.271 e. The van der Waals surface area contributed by atoms with Crippen LogP contribution in [0.3, 0.4) is 0 Å². The average Bonchev–Trinajstić information content (AvgIpc) is 3.09. The molecule has 146 valence electrons. The van der Waals surface area contributed by atoms with Crippen molar-refractivity contribution in [2.75, 3.05) is 21.3 Å². The average molecular weight is 372 g/mol. The van der Waals surface area contributed by atoms with Crippen molar-refractivity contribution in [3.05, 3.63) is 40.7 Å². The predicted octanol–water partition coefficient (Wildman–Crippen LogP) is 1.93. The summed E-state index contributed by atoms with van der Waals surface area (Å²) in [5, 5.41) is 10.8. The summed E-state index contributed by atoms with van der Waals surface area (Å²) in [6.07, 6.45) is 2.72. The van der Waals surface area contributed by atoms with Crippen LogP contribution in [-0.4, -0.2) is 43.0 Å². The summed E-state index contributed by atoms with van der Waals surface area (Å²) in [5.74, 6) is 1.37. The van der Waals surface area contributed by atoms with Gasteiger partial charge in [-0.3, -0.25) is 9.48 Å². The first-order chi connectivity index (χ1) is 13.1. The van der Waals surface area contributed by atoms with Crippen LogP contribution in [0.15, 0.2) is 18.2 Å². The standard InChI is InChI=1S/C20H28N4O3/c1-5-24-16-10-9-14(11-15(16)18(23-24)20(25)21-2)22-12-13-7-6-8-17(26-3)19(13)27-4/h6-8,14,22H,5,9-12H2,1-4H3,(H,21,25). The number of aryl methyl sites for hydroxylation is 1. The van der Waals surface area contributed by atoms with E-state index in [1.54, 1.807) is 21.3 Å². The molecule has 0 spiro atoms. The number of fused-ring (bicyclic) bond motifs is 1. The fourth-order valence-electron chi connectivity index (χ4n) is 3.77. The third kappa shape index (κ3) is 3.78. The Kier molecular flexibility index (Phi) is 6.01. The number of amides is 1. The fourth-order valence-corrected chi connectivity index (χ4v) is 3.77. The molecule has 0 radical (unpaired) electrons. The molecule has 27 heavy (non-hydrogen) atoms. The summed E-state index contributed by atoms with van der Waals surface area (Å²) in [6.45, 7) is 3.51. The number of para-hydroxylation sites is 1. The lowest BCUT2D eigenvalue weighted by molar-refractivity contribution is 0.0956. The number of nitrogens with zero attached hydrogens (tertiary/aromatic N) is 2. The van der Waals surface area contributed by atoms with Gasteiger partial charge in [0.05, 0.1) is 14.2 Å². The van der Waals surface area contributed by atoms with Gasteiger partial charge in [-0.25, -0.2) is 0 Å². The van der Waals surface area contributed by atoms with Crippen LogP contribution in [0.4, 0.5) is 0 Å². The summed E-state index contributed by atoms with van der Waals surface area (Å²) in [5.41, 5.74) is 3.86. The predicted molar refractivity (Wildman–Crippen MR) is 103 cm³/mol. The van der Waals surface area contributed by atoms with Gasteiger partial charge < -0.3 is 20.1 Å². The van der Waals surface area contributed by atoms with Crippen LogP contribution in [0.1, 0.15) is 40.7 Å². The first kappa shape index (κ1) is 19.2. The lowest BCUT2D eigenvalue weighted by atomic mass is 9.91. The van der Waals surface area contributed by atoms with Gasteiger partial charge in [0.2, 0.25) is 0 Å². The number of benzene rings is 1. The highest BCUT2D eigenvalue weighted by atomic mass is 16.5. The van der Waals surface area contributed by atoms with Crippen LogP contribution >= 0.6 is 0 Å². The number of ether oxygens (including phenoxy) is 2. The Bertz CT molecular complexity index is 816. The van der Waals surface area contributed by atoms with Gasteiger partial charge in [-0.2, -0.15) is 5.10 Å². The van der Waals surface area contributed by atoms with E-state index in [-0.39, 0.29) is 11.9 Å². The number of aromatic nitrogens is 2. The third-order valence-electron chi connectivity index (χ3n) is 5.15. The Morgan fingerprint density at radius 1 is 1.33 bits per heavy atom. The largest absolute Gasteiger partial charge is 0.493 e. The highest BCUT2D eigenvalue weighted by Crippen LogP contribution is 2.31. The lowest BCUT2D eigenvalue weighted by Crippen LogP contribution is -2.35. The molecular formula is C20H28N4O3. The number of hydrogen-bond acceptors (Lipinski definition) is 5. The van der Waals surface area contributed by atoms with E-state index in [9.17, 15) is 4.79 Å². The van der Waals surface area contributed by atoms with Gasteiger partial charge in [-0.05, 0) is 32.3 Å². The zero-order valence-electron chi connectivity index (χ0n) is 16.5. The minimum absolute atomic E-state index is 0.117. The molecule has 1 amide bonds. The van der Waals surface area contributed by atoms with Crippen LogP contribution < -0.4 is 20.1 Å². The number of methoxy groups -OCH3 is 2. The van der Waals surface area contributed by atoms with Gasteiger partial charge in [0.15, 0.2) is 17.2 Å². The smallest absolute Gasteiger partial charge is 0.271 e. The van der Waals surface area contributed by atoms with E-state index in [2.05, 4.69) is 22.7 Å². The molecule has 1 aliphatic carbocycles. The number of carbonyl (C=O) groups excluding carboxylic acids is 1. The summed E-state index contributed by atoms with van der Waals surface area (Å²) in [6, 6.07) is 6.18. The molecule has 1 aromatic carbocycles. The molecule has 1 atom stereocenters. The van der Waals surface area contributed by atoms with E-state index in [4.69, 9.17) is 9.47 Å².